The van der Waals surface area contributed by atoms with Gasteiger partial charge in [-0.1, -0.05) is 18.2 Å². The van der Waals surface area contributed by atoms with Crippen LogP contribution < -0.4 is 0 Å². The summed E-state index contributed by atoms with van der Waals surface area (Å²) in [4.78, 5) is 9.55. The lowest BCUT2D eigenvalue weighted by Gasteiger charge is -2.01. The molecule has 0 saturated heterocycles. The van der Waals surface area contributed by atoms with Crippen molar-refractivity contribution in [1.82, 2.24) is 9.97 Å². The van der Waals surface area contributed by atoms with Gasteiger partial charge in [0.1, 0.15) is 5.82 Å². The normalized spacial score (nSPS) is 10.3. The van der Waals surface area contributed by atoms with Crippen molar-refractivity contribution in [1.29, 1.82) is 0 Å². The van der Waals surface area contributed by atoms with E-state index in [1.165, 1.54) is 4.90 Å². The molecule has 1 N–H and O–H groups in total. The van der Waals surface area contributed by atoms with E-state index in [-0.39, 0.29) is 6.61 Å². The molecule has 2 aromatic rings. The van der Waals surface area contributed by atoms with Gasteiger partial charge in [-0.25, -0.2) is 9.97 Å². The number of rotatable bonds is 4. The zero-order valence-electron chi connectivity index (χ0n) is 8.71. The molecule has 16 heavy (non-hydrogen) atoms. The van der Waals surface area contributed by atoms with E-state index in [1.807, 2.05) is 18.2 Å². The molecular formula is C12H12N2OS. The molecule has 0 aliphatic rings. The van der Waals surface area contributed by atoms with Crippen molar-refractivity contribution in [3.8, 4) is 0 Å². The van der Waals surface area contributed by atoms with Crippen LogP contribution in [0.25, 0.3) is 0 Å². The third-order valence-corrected chi connectivity index (χ3v) is 3.06. The second kappa shape index (κ2) is 5.63. The zero-order chi connectivity index (χ0) is 11.2. The van der Waals surface area contributed by atoms with Crippen molar-refractivity contribution >= 4 is 11.8 Å². The molecular weight excluding hydrogens is 220 g/mol. The number of aromatic nitrogens is 2. The molecule has 0 fully saturated rings. The lowest BCUT2D eigenvalue weighted by molar-refractivity contribution is 0.281. The highest BCUT2D eigenvalue weighted by molar-refractivity contribution is 7.98. The van der Waals surface area contributed by atoms with Crippen molar-refractivity contribution in [2.75, 3.05) is 0 Å². The van der Waals surface area contributed by atoms with E-state index in [2.05, 4.69) is 22.1 Å². The molecule has 0 spiro atoms. The lowest BCUT2D eigenvalue weighted by atomic mass is 10.4. The highest BCUT2D eigenvalue weighted by Gasteiger charge is 1.98. The van der Waals surface area contributed by atoms with Crippen LogP contribution in [0, 0.1) is 0 Å². The number of hydrogen-bond donors (Lipinski definition) is 1. The molecule has 0 unspecified atom stereocenters. The molecule has 4 heteroatoms. The number of benzene rings is 1. The summed E-state index contributed by atoms with van der Waals surface area (Å²) in [6.45, 7) is -0.00783. The third kappa shape index (κ3) is 3.05. The van der Waals surface area contributed by atoms with E-state index < -0.39 is 0 Å². The van der Waals surface area contributed by atoms with E-state index in [0.717, 1.165) is 17.1 Å². The van der Waals surface area contributed by atoms with Gasteiger partial charge in [-0.05, 0) is 12.1 Å². The average molecular weight is 232 g/mol. The van der Waals surface area contributed by atoms with Gasteiger partial charge < -0.3 is 5.11 Å². The lowest BCUT2D eigenvalue weighted by Crippen LogP contribution is -1.94. The summed E-state index contributed by atoms with van der Waals surface area (Å²) in [5.41, 5.74) is 0.744. The first kappa shape index (κ1) is 11.1. The summed E-state index contributed by atoms with van der Waals surface area (Å²) in [6, 6.07) is 10.1. The monoisotopic (exact) mass is 232 g/mol. The number of nitrogens with zero attached hydrogens (tertiary/aromatic N) is 2. The Hall–Kier alpha value is -1.39. The fourth-order valence-electron chi connectivity index (χ4n) is 1.20. The Balaban J connectivity index is 1.94. The van der Waals surface area contributed by atoms with E-state index in [4.69, 9.17) is 5.11 Å². The van der Waals surface area contributed by atoms with E-state index in [9.17, 15) is 0 Å². The molecule has 0 aliphatic carbocycles. The molecule has 0 aliphatic heterocycles. The minimum absolute atomic E-state index is 0.00783. The number of hydrogen-bond acceptors (Lipinski definition) is 4. The standard InChI is InChI=1S/C12H12N2OS/c15-8-10-6-13-12(14-7-10)9-16-11-4-2-1-3-5-11/h1-7,15H,8-9H2. The molecule has 1 aromatic heterocycles. The fourth-order valence-corrected chi connectivity index (χ4v) is 2.00. The highest BCUT2D eigenvalue weighted by Crippen LogP contribution is 2.20. The van der Waals surface area contributed by atoms with E-state index in [0.29, 0.717) is 0 Å². The Kier molecular flexibility index (Phi) is 3.91. The summed E-state index contributed by atoms with van der Waals surface area (Å²) in [6.07, 6.45) is 3.32. The van der Waals surface area contributed by atoms with Crippen molar-refractivity contribution < 1.29 is 5.11 Å². The number of thioether (sulfide) groups is 1. The zero-order valence-corrected chi connectivity index (χ0v) is 9.52. The van der Waals surface area contributed by atoms with Crippen LogP contribution in [0.3, 0.4) is 0 Å². The molecule has 1 aromatic carbocycles. The van der Waals surface area contributed by atoms with Crippen LogP contribution in [0.4, 0.5) is 0 Å². The highest BCUT2D eigenvalue weighted by atomic mass is 32.2. The van der Waals surface area contributed by atoms with Gasteiger partial charge in [-0.15, -0.1) is 11.8 Å². The van der Waals surface area contributed by atoms with Gasteiger partial charge in [0.2, 0.25) is 0 Å². The first-order valence-corrected chi connectivity index (χ1v) is 5.95. The van der Waals surface area contributed by atoms with Gasteiger partial charge >= 0.3 is 0 Å². The molecule has 0 saturated carbocycles. The van der Waals surface area contributed by atoms with Crippen LogP contribution in [0.5, 0.6) is 0 Å². The van der Waals surface area contributed by atoms with Gasteiger partial charge in [0.25, 0.3) is 0 Å². The summed E-state index contributed by atoms with van der Waals surface area (Å²) in [5.74, 6) is 1.53. The minimum atomic E-state index is -0.00783. The van der Waals surface area contributed by atoms with E-state index in [1.54, 1.807) is 24.2 Å². The largest absolute Gasteiger partial charge is 0.392 e. The number of aliphatic hydroxyl groups is 1. The van der Waals surface area contributed by atoms with Crippen LogP contribution in [-0.2, 0) is 12.4 Å². The third-order valence-electron chi connectivity index (χ3n) is 2.05. The maximum Gasteiger partial charge on any atom is 0.138 e. The predicted octanol–water partition coefficient (Wildman–Crippen LogP) is 2.26. The number of aliphatic hydroxyl groups excluding tert-OH is 1. The SMILES string of the molecule is OCc1cnc(CSc2ccccc2)nc1. The summed E-state index contributed by atoms with van der Waals surface area (Å²) >= 11 is 1.70. The first-order valence-electron chi connectivity index (χ1n) is 4.97. The molecule has 0 radical (unpaired) electrons. The molecule has 82 valence electrons. The van der Waals surface area contributed by atoms with Crippen LogP contribution in [0.15, 0.2) is 47.6 Å². The van der Waals surface area contributed by atoms with Crippen molar-refractivity contribution in [3.05, 3.63) is 54.1 Å². The Morgan fingerprint density at radius 2 is 1.75 bits per heavy atom. The van der Waals surface area contributed by atoms with Gasteiger partial charge in [0.15, 0.2) is 0 Å². The van der Waals surface area contributed by atoms with Crippen LogP contribution >= 0.6 is 11.8 Å². The van der Waals surface area contributed by atoms with E-state index >= 15 is 0 Å². The Morgan fingerprint density at radius 1 is 1.06 bits per heavy atom. The van der Waals surface area contributed by atoms with Gasteiger partial charge in [0.05, 0.1) is 12.4 Å². The quantitative estimate of drug-likeness (QED) is 0.821. The molecule has 2 rings (SSSR count). The molecule has 1 heterocycles. The fraction of sp³-hybridized carbons (Fsp3) is 0.167. The second-order valence-corrected chi connectivity index (χ2v) is 4.32. The topological polar surface area (TPSA) is 46.0 Å². The predicted molar refractivity (Wildman–Crippen MR) is 64.0 cm³/mol. The summed E-state index contributed by atoms with van der Waals surface area (Å²) < 4.78 is 0. The van der Waals surface area contributed by atoms with Crippen LogP contribution in [0.1, 0.15) is 11.4 Å². The minimum Gasteiger partial charge on any atom is -0.392 e. The van der Waals surface area contributed by atoms with Crippen molar-refractivity contribution in [2.45, 2.75) is 17.3 Å². The average Bonchev–Trinajstić information content (AvgIpc) is 2.38. The molecule has 0 amide bonds. The van der Waals surface area contributed by atoms with Gasteiger partial charge in [-0.2, -0.15) is 0 Å². The van der Waals surface area contributed by atoms with Gasteiger partial charge in [-0.3, -0.25) is 0 Å². The second-order valence-electron chi connectivity index (χ2n) is 3.27. The van der Waals surface area contributed by atoms with Gasteiger partial charge in [0, 0.05) is 22.9 Å². The summed E-state index contributed by atoms with van der Waals surface area (Å²) in [5, 5.41) is 8.85. The Morgan fingerprint density at radius 3 is 2.38 bits per heavy atom. The molecule has 0 bridgehead atoms. The van der Waals surface area contributed by atoms with Crippen LogP contribution in [0.2, 0.25) is 0 Å². The maximum atomic E-state index is 8.85. The molecule has 3 nitrogen and oxygen atoms in total. The van der Waals surface area contributed by atoms with Crippen molar-refractivity contribution in [2.24, 2.45) is 0 Å². The molecule has 0 atom stereocenters. The maximum absolute atomic E-state index is 8.85. The Labute approximate surface area is 98.6 Å². The Bertz CT molecular complexity index is 431. The first-order chi connectivity index (χ1) is 7.88. The summed E-state index contributed by atoms with van der Waals surface area (Å²) in [7, 11) is 0. The van der Waals surface area contributed by atoms with Crippen molar-refractivity contribution in [3.63, 3.8) is 0 Å². The van der Waals surface area contributed by atoms with Crippen LogP contribution in [-0.4, -0.2) is 15.1 Å². The smallest absolute Gasteiger partial charge is 0.138 e.